The molecule has 1 N–H and O–H groups in total. The fourth-order valence-corrected chi connectivity index (χ4v) is 5.40. The number of benzene rings is 1. The highest BCUT2D eigenvalue weighted by molar-refractivity contribution is 7.10. The van der Waals surface area contributed by atoms with Crippen LogP contribution in [0.3, 0.4) is 0 Å². The molecule has 7 heteroatoms. The minimum absolute atomic E-state index is 0.0538. The largest absolute Gasteiger partial charge is 0.493 e. The number of nitrogens with zero attached hydrogens (tertiary/aromatic N) is 1. The van der Waals surface area contributed by atoms with Gasteiger partial charge in [0.05, 0.1) is 31.4 Å². The molecule has 0 saturated heterocycles. The maximum Gasteiger partial charge on any atom is 0.233 e. The Balaban J connectivity index is 1.56. The predicted molar refractivity (Wildman–Crippen MR) is 115 cm³/mol. The van der Waals surface area contributed by atoms with E-state index in [1.807, 2.05) is 36.6 Å². The van der Waals surface area contributed by atoms with Gasteiger partial charge in [0, 0.05) is 22.6 Å². The summed E-state index contributed by atoms with van der Waals surface area (Å²) in [6.45, 7) is 1.93. The number of ketones is 1. The number of aryl methyl sites for hydroxylation is 1. The Morgan fingerprint density at radius 2 is 2.00 bits per heavy atom. The number of anilines is 1. The normalized spacial score (nSPS) is 20.4. The van der Waals surface area contributed by atoms with Crippen molar-refractivity contribution < 1.29 is 18.8 Å². The minimum Gasteiger partial charge on any atom is -0.493 e. The summed E-state index contributed by atoms with van der Waals surface area (Å²) in [6, 6.07) is 9.96. The van der Waals surface area contributed by atoms with Crippen LogP contribution in [0.25, 0.3) is 0 Å². The van der Waals surface area contributed by atoms with Gasteiger partial charge in [-0.1, -0.05) is 17.3 Å². The Morgan fingerprint density at radius 1 is 1.17 bits per heavy atom. The molecular weight excluding hydrogens is 400 g/mol. The second-order valence-electron chi connectivity index (χ2n) is 7.62. The first-order chi connectivity index (χ1) is 14.6. The van der Waals surface area contributed by atoms with Crippen LogP contribution in [0.1, 0.15) is 46.4 Å². The highest BCUT2D eigenvalue weighted by Gasteiger charge is 2.41. The molecule has 0 spiro atoms. The molecule has 1 aromatic carbocycles. The fraction of sp³-hybridized carbons (Fsp3) is 0.304. The Bertz CT molecular complexity index is 1150. The van der Waals surface area contributed by atoms with Crippen molar-refractivity contribution in [1.82, 2.24) is 5.16 Å². The van der Waals surface area contributed by atoms with E-state index in [2.05, 4.69) is 16.5 Å². The standard InChI is InChI=1S/C23H22N2O4S/c1-12-20-22(19-5-4-8-30-19)21-15(24-23(20)29-25-12)9-14(10-16(21)26)13-6-7-17(27-2)18(11-13)28-3/h4-8,11,14,22,24H,9-10H2,1-3H3/t14-,22-/m0/s1. The third-order valence-electron chi connectivity index (χ3n) is 5.96. The lowest BCUT2D eigenvalue weighted by Crippen LogP contribution is -2.29. The van der Waals surface area contributed by atoms with Crippen molar-refractivity contribution in [2.75, 3.05) is 19.5 Å². The monoisotopic (exact) mass is 422 g/mol. The van der Waals surface area contributed by atoms with E-state index in [-0.39, 0.29) is 17.6 Å². The summed E-state index contributed by atoms with van der Waals surface area (Å²) in [5, 5.41) is 9.57. The molecule has 0 unspecified atom stereocenters. The molecule has 6 nitrogen and oxygen atoms in total. The van der Waals surface area contributed by atoms with Gasteiger partial charge in [0.2, 0.25) is 5.88 Å². The molecule has 1 aliphatic carbocycles. The van der Waals surface area contributed by atoms with Gasteiger partial charge in [0.15, 0.2) is 17.3 Å². The smallest absolute Gasteiger partial charge is 0.233 e. The van der Waals surface area contributed by atoms with Gasteiger partial charge < -0.3 is 19.3 Å². The molecule has 0 radical (unpaired) electrons. The highest BCUT2D eigenvalue weighted by Crippen LogP contribution is 2.50. The number of nitrogens with one attached hydrogen (secondary N) is 1. The molecule has 0 amide bonds. The first-order valence-electron chi connectivity index (χ1n) is 9.85. The van der Waals surface area contributed by atoms with Crippen molar-refractivity contribution in [3.05, 3.63) is 68.7 Å². The zero-order valence-electron chi connectivity index (χ0n) is 17.0. The third kappa shape index (κ3) is 2.92. The molecule has 3 heterocycles. The number of hydrogen-bond acceptors (Lipinski definition) is 7. The lowest BCUT2D eigenvalue weighted by Gasteiger charge is -2.34. The van der Waals surface area contributed by atoms with Crippen LogP contribution in [0.5, 0.6) is 11.5 Å². The van der Waals surface area contributed by atoms with E-state index in [4.69, 9.17) is 14.0 Å². The Morgan fingerprint density at radius 3 is 2.73 bits per heavy atom. The Labute approximate surface area is 178 Å². The average molecular weight is 423 g/mol. The van der Waals surface area contributed by atoms with Gasteiger partial charge in [-0.05, 0) is 48.4 Å². The quantitative estimate of drug-likeness (QED) is 0.636. The average Bonchev–Trinajstić information content (AvgIpc) is 3.42. The van der Waals surface area contributed by atoms with Gasteiger partial charge in [0.25, 0.3) is 0 Å². The number of carbonyl (C=O) groups excluding carboxylic acids is 1. The van der Waals surface area contributed by atoms with Crippen LogP contribution < -0.4 is 14.8 Å². The molecule has 5 rings (SSSR count). The van der Waals surface area contributed by atoms with Crippen molar-refractivity contribution in [2.24, 2.45) is 0 Å². The minimum atomic E-state index is -0.124. The zero-order chi connectivity index (χ0) is 20.8. The molecule has 2 atom stereocenters. The second-order valence-corrected chi connectivity index (χ2v) is 8.60. The maximum absolute atomic E-state index is 13.4. The molecule has 3 aromatic rings. The number of thiophene rings is 1. The van der Waals surface area contributed by atoms with E-state index in [1.165, 1.54) is 0 Å². The number of allylic oxidation sites excluding steroid dienone is 2. The molecule has 154 valence electrons. The van der Waals surface area contributed by atoms with E-state index in [0.29, 0.717) is 23.8 Å². The van der Waals surface area contributed by atoms with Crippen molar-refractivity contribution in [3.63, 3.8) is 0 Å². The number of hydrogen-bond donors (Lipinski definition) is 1. The van der Waals surface area contributed by atoms with E-state index >= 15 is 0 Å². The van der Waals surface area contributed by atoms with Gasteiger partial charge in [-0.2, -0.15) is 0 Å². The van der Waals surface area contributed by atoms with E-state index in [9.17, 15) is 4.79 Å². The summed E-state index contributed by atoms with van der Waals surface area (Å²) in [4.78, 5) is 14.6. The van der Waals surface area contributed by atoms with Crippen LogP contribution >= 0.6 is 11.3 Å². The first kappa shape index (κ1) is 18.9. The lowest BCUT2D eigenvalue weighted by molar-refractivity contribution is -0.116. The van der Waals surface area contributed by atoms with Crippen LogP contribution in [-0.4, -0.2) is 25.2 Å². The SMILES string of the molecule is COc1ccc([C@@H]2CC(=O)C3=C(C2)Nc2onc(C)c2[C@@H]3c2cccs2)cc1OC. The summed E-state index contributed by atoms with van der Waals surface area (Å²) in [7, 11) is 3.24. The predicted octanol–water partition coefficient (Wildman–Crippen LogP) is 5.02. The fourth-order valence-electron chi connectivity index (χ4n) is 4.55. The van der Waals surface area contributed by atoms with E-state index in [1.54, 1.807) is 25.6 Å². The highest BCUT2D eigenvalue weighted by atomic mass is 32.1. The van der Waals surface area contributed by atoms with Crippen molar-refractivity contribution in [1.29, 1.82) is 0 Å². The van der Waals surface area contributed by atoms with Gasteiger partial charge in [0.1, 0.15) is 0 Å². The maximum atomic E-state index is 13.4. The Hall–Kier alpha value is -3.06. The number of methoxy groups -OCH3 is 2. The van der Waals surface area contributed by atoms with Crippen molar-refractivity contribution >= 4 is 23.0 Å². The van der Waals surface area contributed by atoms with Crippen molar-refractivity contribution in [2.45, 2.75) is 31.6 Å². The topological polar surface area (TPSA) is 73.6 Å². The van der Waals surface area contributed by atoms with Crippen LogP contribution in [0.4, 0.5) is 5.88 Å². The molecule has 30 heavy (non-hydrogen) atoms. The molecule has 2 aliphatic rings. The van der Waals surface area contributed by atoms with E-state index in [0.717, 1.165) is 39.4 Å². The van der Waals surface area contributed by atoms with E-state index < -0.39 is 0 Å². The Kier molecular flexibility index (Phi) is 4.62. The van der Waals surface area contributed by atoms with Crippen LogP contribution in [0, 0.1) is 6.92 Å². The molecule has 0 saturated carbocycles. The zero-order valence-corrected chi connectivity index (χ0v) is 17.8. The number of rotatable bonds is 4. The van der Waals surface area contributed by atoms with Gasteiger partial charge in [-0.25, -0.2) is 0 Å². The summed E-state index contributed by atoms with van der Waals surface area (Å²) in [6.07, 6.45) is 1.18. The van der Waals surface area contributed by atoms with Gasteiger partial charge in [-0.15, -0.1) is 11.3 Å². The van der Waals surface area contributed by atoms with Crippen molar-refractivity contribution in [3.8, 4) is 11.5 Å². The lowest BCUT2D eigenvalue weighted by atomic mass is 9.74. The molecule has 0 bridgehead atoms. The molecular formula is C23H22N2O4S. The van der Waals surface area contributed by atoms with Crippen LogP contribution in [0.2, 0.25) is 0 Å². The third-order valence-corrected chi connectivity index (χ3v) is 6.90. The number of ether oxygens (including phenoxy) is 2. The summed E-state index contributed by atoms with van der Waals surface area (Å²) in [5.41, 5.74) is 4.61. The van der Waals surface area contributed by atoms with Crippen LogP contribution in [-0.2, 0) is 4.79 Å². The molecule has 1 aliphatic heterocycles. The first-order valence-corrected chi connectivity index (χ1v) is 10.7. The molecule has 2 aromatic heterocycles. The number of carbonyl (C=O) groups is 1. The number of Topliss-reactive ketones (excluding diaryl/α,β-unsaturated/α-hetero) is 1. The van der Waals surface area contributed by atoms with Gasteiger partial charge >= 0.3 is 0 Å². The van der Waals surface area contributed by atoms with Crippen LogP contribution in [0.15, 0.2) is 51.5 Å². The molecule has 0 fully saturated rings. The number of aromatic nitrogens is 1. The summed E-state index contributed by atoms with van der Waals surface area (Å²) in [5.74, 6) is 2.08. The summed E-state index contributed by atoms with van der Waals surface area (Å²) < 4.78 is 16.4. The summed E-state index contributed by atoms with van der Waals surface area (Å²) >= 11 is 1.66. The second kappa shape index (κ2) is 7.32. The van der Waals surface area contributed by atoms with Gasteiger partial charge in [-0.3, -0.25) is 4.79 Å². The number of fused-ring (bicyclic) bond motifs is 1.